The Bertz CT molecular complexity index is 638. The number of piperazine rings is 1. The minimum absolute atomic E-state index is 0. The molecular formula is C14H21ClN2O4S. The fourth-order valence-corrected chi connectivity index (χ4v) is 4.38. The maximum atomic E-state index is 12.8. The van der Waals surface area contributed by atoms with Gasteiger partial charge < -0.3 is 14.8 Å². The maximum absolute atomic E-state index is 12.8. The van der Waals surface area contributed by atoms with Gasteiger partial charge in [-0.1, -0.05) is 0 Å². The van der Waals surface area contributed by atoms with Crippen molar-refractivity contribution in [2.45, 2.75) is 30.8 Å². The van der Waals surface area contributed by atoms with Gasteiger partial charge in [-0.2, -0.15) is 4.31 Å². The number of halogens is 1. The molecule has 1 fully saturated rings. The molecule has 124 valence electrons. The summed E-state index contributed by atoms with van der Waals surface area (Å²) in [7, 11) is -3.52. The van der Waals surface area contributed by atoms with Crippen LogP contribution in [0.4, 0.5) is 0 Å². The van der Waals surface area contributed by atoms with E-state index in [1.165, 1.54) is 0 Å². The zero-order valence-corrected chi connectivity index (χ0v) is 14.2. The van der Waals surface area contributed by atoms with E-state index in [-0.39, 0.29) is 29.4 Å². The highest BCUT2D eigenvalue weighted by atomic mass is 35.5. The van der Waals surface area contributed by atoms with Crippen LogP contribution in [-0.2, 0) is 10.0 Å². The number of nitrogens with one attached hydrogen (secondary N) is 1. The normalized spacial score (nSPS) is 25.4. The molecule has 2 aliphatic heterocycles. The monoisotopic (exact) mass is 348 g/mol. The molecule has 22 heavy (non-hydrogen) atoms. The number of hydrogen-bond donors (Lipinski definition) is 1. The van der Waals surface area contributed by atoms with Gasteiger partial charge in [-0.15, -0.1) is 12.4 Å². The van der Waals surface area contributed by atoms with Crippen molar-refractivity contribution >= 4 is 22.4 Å². The second-order valence-electron chi connectivity index (χ2n) is 5.54. The molecule has 2 heterocycles. The van der Waals surface area contributed by atoms with Crippen molar-refractivity contribution in [3.63, 3.8) is 0 Å². The molecule has 0 aliphatic carbocycles. The predicted octanol–water partition coefficient (Wildman–Crippen LogP) is 1.25. The van der Waals surface area contributed by atoms with Crippen LogP contribution in [0.1, 0.15) is 13.8 Å². The van der Waals surface area contributed by atoms with Crippen LogP contribution in [0.15, 0.2) is 23.1 Å². The lowest BCUT2D eigenvalue weighted by atomic mass is 10.2. The van der Waals surface area contributed by atoms with Gasteiger partial charge in [0.25, 0.3) is 0 Å². The fraction of sp³-hybridized carbons (Fsp3) is 0.571. The Labute approximate surface area is 137 Å². The van der Waals surface area contributed by atoms with Gasteiger partial charge in [0.15, 0.2) is 11.5 Å². The SMILES string of the molecule is CC1CN(S(=O)(=O)c2ccc3c(c2)OCCO3)C(C)CN1.Cl. The van der Waals surface area contributed by atoms with E-state index in [0.29, 0.717) is 37.8 Å². The number of sulfonamides is 1. The molecule has 2 aliphatic rings. The summed E-state index contributed by atoms with van der Waals surface area (Å²) < 4.78 is 38.1. The minimum Gasteiger partial charge on any atom is -0.486 e. The Morgan fingerprint density at radius 2 is 1.86 bits per heavy atom. The summed E-state index contributed by atoms with van der Waals surface area (Å²) in [6.07, 6.45) is 0. The first kappa shape index (κ1) is 17.3. The minimum atomic E-state index is -3.52. The maximum Gasteiger partial charge on any atom is 0.243 e. The van der Waals surface area contributed by atoms with E-state index in [1.807, 2.05) is 13.8 Å². The average Bonchev–Trinajstić information content (AvgIpc) is 2.49. The average molecular weight is 349 g/mol. The van der Waals surface area contributed by atoms with Crippen molar-refractivity contribution in [1.82, 2.24) is 9.62 Å². The number of fused-ring (bicyclic) bond motifs is 1. The molecule has 2 unspecified atom stereocenters. The van der Waals surface area contributed by atoms with Crippen LogP contribution in [0.3, 0.4) is 0 Å². The van der Waals surface area contributed by atoms with Gasteiger partial charge >= 0.3 is 0 Å². The Morgan fingerprint density at radius 1 is 1.18 bits per heavy atom. The van der Waals surface area contributed by atoms with E-state index < -0.39 is 10.0 Å². The van der Waals surface area contributed by atoms with E-state index in [9.17, 15) is 8.42 Å². The summed E-state index contributed by atoms with van der Waals surface area (Å²) in [6.45, 7) is 5.96. The van der Waals surface area contributed by atoms with Crippen LogP contribution in [0.2, 0.25) is 0 Å². The molecule has 0 bridgehead atoms. The fourth-order valence-electron chi connectivity index (χ4n) is 2.64. The third-order valence-corrected chi connectivity index (χ3v) is 5.80. The number of benzene rings is 1. The van der Waals surface area contributed by atoms with Crippen molar-refractivity contribution < 1.29 is 17.9 Å². The summed E-state index contributed by atoms with van der Waals surface area (Å²) in [5.41, 5.74) is 0. The van der Waals surface area contributed by atoms with Crippen molar-refractivity contribution in [1.29, 1.82) is 0 Å². The third-order valence-electron chi connectivity index (χ3n) is 3.83. The van der Waals surface area contributed by atoms with Gasteiger partial charge in [-0.25, -0.2) is 8.42 Å². The number of nitrogens with zero attached hydrogens (tertiary/aromatic N) is 1. The first-order valence-electron chi connectivity index (χ1n) is 7.13. The molecule has 0 spiro atoms. The Balaban J connectivity index is 0.00000176. The highest BCUT2D eigenvalue weighted by Gasteiger charge is 2.34. The Morgan fingerprint density at radius 3 is 2.59 bits per heavy atom. The molecule has 1 N–H and O–H groups in total. The lowest BCUT2D eigenvalue weighted by Crippen LogP contribution is -2.56. The molecule has 1 aromatic carbocycles. The number of hydrogen-bond acceptors (Lipinski definition) is 5. The first-order chi connectivity index (χ1) is 9.98. The van der Waals surface area contributed by atoms with E-state index >= 15 is 0 Å². The van der Waals surface area contributed by atoms with Gasteiger partial charge in [0.2, 0.25) is 10.0 Å². The van der Waals surface area contributed by atoms with E-state index in [1.54, 1.807) is 22.5 Å². The van der Waals surface area contributed by atoms with Crippen molar-refractivity contribution in [3.05, 3.63) is 18.2 Å². The lowest BCUT2D eigenvalue weighted by Gasteiger charge is -2.36. The van der Waals surface area contributed by atoms with Crippen LogP contribution >= 0.6 is 12.4 Å². The van der Waals surface area contributed by atoms with Gasteiger partial charge in [0, 0.05) is 31.2 Å². The zero-order chi connectivity index (χ0) is 15.0. The highest BCUT2D eigenvalue weighted by Crippen LogP contribution is 2.33. The molecule has 8 heteroatoms. The van der Waals surface area contributed by atoms with E-state index in [2.05, 4.69) is 5.32 Å². The molecular weight excluding hydrogens is 328 g/mol. The van der Waals surface area contributed by atoms with Gasteiger partial charge in [0.1, 0.15) is 13.2 Å². The van der Waals surface area contributed by atoms with Crippen molar-refractivity contribution in [2.75, 3.05) is 26.3 Å². The topological polar surface area (TPSA) is 67.9 Å². The Hall–Kier alpha value is -1.02. The molecule has 1 saturated heterocycles. The van der Waals surface area contributed by atoms with Crippen LogP contribution in [0.25, 0.3) is 0 Å². The molecule has 0 saturated carbocycles. The van der Waals surface area contributed by atoms with E-state index in [4.69, 9.17) is 9.47 Å². The molecule has 2 atom stereocenters. The van der Waals surface area contributed by atoms with E-state index in [0.717, 1.165) is 0 Å². The number of ether oxygens (including phenoxy) is 2. The number of rotatable bonds is 2. The van der Waals surface area contributed by atoms with Crippen LogP contribution in [-0.4, -0.2) is 51.1 Å². The second kappa shape index (κ2) is 6.62. The van der Waals surface area contributed by atoms with Gasteiger partial charge in [-0.05, 0) is 26.0 Å². The predicted molar refractivity (Wildman–Crippen MR) is 85.5 cm³/mol. The largest absolute Gasteiger partial charge is 0.486 e. The lowest BCUT2D eigenvalue weighted by molar-refractivity contribution is 0.171. The van der Waals surface area contributed by atoms with Gasteiger partial charge in [-0.3, -0.25) is 0 Å². The summed E-state index contributed by atoms with van der Waals surface area (Å²) in [5.74, 6) is 1.10. The molecule has 0 amide bonds. The summed E-state index contributed by atoms with van der Waals surface area (Å²) >= 11 is 0. The van der Waals surface area contributed by atoms with Gasteiger partial charge in [0.05, 0.1) is 4.90 Å². The molecule has 0 radical (unpaired) electrons. The smallest absolute Gasteiger partial charge is 0.243 e. The quantitative estimate of drug-likeness (QED) is 0.871. The summed E-state index contributed by atoms with van der Waals surface area (Å²) in [5, 5.41) is 3.28. The van der Waals surface area contributed by atoms with Crippen LogP contribution in [0.5, 0.6) is 11.5 Å². The van der Waals surface area contributed by atoms with Crippen LogP contribution < -0.4 is 14.8 Å². The summed E-state index contributed by atoms with van der Waals surface area (Å²) in [6, 6.07) is 4.89. The molecule has 6 nitrogen and oxygen atoms in total. The van der Waals surface area contributed by atoms with Crippen molar-refractivity contribution in [3.8, 4) is 11.5 Å². The van der Waals surface area contributed by atoms with Crippen LogP contribution in [0, 0.1) is 0 Å². The Kier molecular flexibility index (Phi) is 5.21. The standard InChI is InChI=1S/C14H20N2O4S.ClH/c1-10-9-16(11(2)8-15-10)21(17,18)12-3-4-13-14(7-12)20-6-5-19-13;/h3-4,7,10-11,15H,5-6,8-9H2,1-2H3;1H. The zero-order valence-electron chi connectivity index (χ0n) is 12.6. The molecule has 1 aromatic rings. The first-order valence-corrected chi connectivity index (χ1v) is 8.57. The highest BCUT2D eigenvalue weighted by molar-refractivity contribution is 7.89. The van der Waals surface area contributed by atoms with Crippen molar-refractivity contribution in [2.24, 2.45) is 0 Å². The second-order valence-corrected chi connectivity index (χ2v) is 7.43. The molecule has 3 rings (SSSR count). The molecule has 0 aromatic heterocycles. The third kappa shape index (κ3) is 3.17. The summed E-state index contributed by atoms with van der Waals surface area (Å²) in [4.78, 5) is 0.257.